The molecule has 0 amide bonds. The third-order valence-corrected chi connectivity index (χ3v) is 5.04. The van der Waals surface area contributed by atoms with E-state index in [4.69, 9.17) is 24.1 Å². The minimum Gasteiger partial charge on any atom is -0.430 e. The molecule has 0 radical (unpaired) electrons. The maximum atomic E-state index is 12.1. The van der Waals surface area contributed by atoms with Crippen molar-refractivity contribution in [3.05, 3.63) is 42.0 Å². The van der Waals surface area contributed by atoms with E-state index in [1.807, 2.05) is 6.07 Å². The second-order valence-corrected chi connectivity index (χ2v) is 7.24. The fourth-order valence-electron chi connectivity index (χ4n) is 3.23. The molecule has 31 heavy (non-hydrogen) atoms. The Bertz CT molecular complexity index is 742. The number of carbonyl (C=O) groups is 1. The van der Waals surface area contributed by atoms with Gasteiger partial charge in [-0.3, -0.25) is 0 Å². The number of rotatable bonds is 7. The van der Waals surface area contributed by atoms with Crippen molar-refractivity contribution < 1.29 is 54.4 Å². The van der Waals surface area contributed by atoms with Crippen molar-refractivity contribution in [2.45, 2.75) is 55.3 Å². The molecular weight excluding hydrogens is 416 g/mol. The normalized spacial score (nSPS) is 38.5. The van der Waals surface area contributed by atoms with E-state index < -0.39 is 74.5 Å². The van der Waals surface area contributed by atoms with Gasteiger partial charge in [0, 0.05) is 6.08 Å². The van der Waals surface area contributed by atoms with Gasteiger partial charge in [-0.15, -0.1) is 0 Å². The van der Waals surface area contributed by atoms with Crippen LogP contribution in [0.4, 0.5) is 0 Å². The van der Waals surface area contributed by atoms with Crippen molar-refractivity contribution in [1.29, 1.82) is 0 Å². The van der Waals surface area contributed by atoms with Gasteiger partial charge >= 0.3 is 5.97 Å². The zero-order valence-corrected chi connectivity index (χ0v) is 16.4. The Hall–Kier alpha value is -1.93. The molecule has 1 aromatic rings. The molecule has 0 unspecified atom stereocenters. The van der Waals surface area contributed by atoms with Gasteiger partial charge in [0.05, 0.1) is 13.2 Å². The highest BCUT2D eigenvalue weighted by Gasteiger charge is 2.47. The zero-order valence-electron chi connectivity index (χ0n) is 16.4. The molecule has 0 aliphatic carbocycles. The van der Waals surface area contributed by atoms with Crippen LogP contribution in [0.15, 0.2) is 36.4 Å². The molecule has 3 rings (SSSR count). The number of hydrogen-bond donors (Lipinski definition) is 6. The van der Waals surface area contributed by atoms with Crippen molar-refractivity contribution in [2.75, 3.05) is 13.2 Å². The molecule has 0 aromatic heterocycles. The standard InChI is InChI=1S/C20H26O11/c21-8-11-14(23)17(26)19(29-11)28-9-12-15(24)16(25)18(27)20(30-12)31-13(22)7-6-10-4-2-1-3-5-10/h1-7,11-12,14-21,23-27H,8-9H2/t11-,12+,14-,15+,16-,17+,18+,19+,20-/m0/s1. The van der Waals surface area contributed by atoms with Gasteiger partial charge in [-0.1, -0.05) is 30.3 Å². The molecule has 172 valence electrons. The fourth-order valence-corrected chi connectivity index (χ4v) is 3.23. The van der Waals surface area contributed by atoms with Crippen LogP contribution in [0.5, 0.6) is 0 Å². The van der Waals surface area contributed by atoms with Crippen LogP contribution in [-0.4, -0.2) is 105 Å². The smallest absolute Gasteiger partial charge is 0.333 e. The van der Waals surface area contributed by atoms with Crippen LogP contribution in [0, 0.1) is 0 Å². The quantitative estimate of drug-likeness (QED) is 0.195. The fraction of sp³-hybridized carbons (Fsp3) is 0.550. The maximum Gasteiger partial charge on any atom is 0.333 e. The first-order valence-electron chi connectivity index (χ1n) is 9.69. The van der Waals surface area contributed by atoms with Crippen LogP contribution in [-0.2, 0) is 23.7 Å². The third kappa shape index (κ3) is 5.66. The lowest BCUT2D eigenvalue weighted by Crippen LogP contribution is -2.59. The van der Waals surface area contributed by atoms with Crippen LogP contribution in [0.3, 0.4) is 0 Å². The highest BCUT2D eigenvalue weighted by atomic mass is 16.7. The van der Waals surface area contributed by atoms with Gasteiger partial charge in [0.25, 0.3) is 0 Å². The summed E-state index contributed by atoms with van der Waals surface area (Å²) in [7, 11) is 0. The Balaban J connectivity index is 1.57. The molecule has 2 saturated heterocycles. The van der Waals surface area contributed by atoms with Gasteiger partial charge in [0.2, 0.25) is 6.29 Å². The third-order valence-electron chi connectivity index (χ3n) is 5.04. The Morgan fingerprint density at radius 1 is 0.871 bits per heavy atom. The van der Waals surface area contributed by atoms with Crippen molar-refractivity contribution >= 4 is 12.0 Å². The first-order chi connectivity index (χ1) is 14.8. The largest absolute Gasteiger partial charge is 0.430 e. The van der Waals surface area contributed by atoms with E-state index in [1.165, 1.54) is 6.08 Å². The van der Waals surface area contributed by atoms with E-state index in [9.17, 15) is 30.3 Å². The average molecular weight is 442 g/mol. The minimum atomic E-state index is -1.71. The second kappa shape index (κ2) is 10.6. The maximum absolute atomic E-state index is 12.1. The van der Waals surface area contributed by atoms with Crippen LogP contribution in [0.1, 0.15) is 5.56 Å². The number of aliphatic hydroxyl groups is 6. The summed E-state index contributed by atoms with van der Waals surface area (Å²) in [6.07, 6.45) is -10.4. The number of aliphatic hydroxyl groups excluding tert-OH is 6. The molecule has 6 N–H and O–H groups in total. The van der Waals surface area contributed by atoms with Crippen molar-refractivity contribution in [2.24, 2.45) is 0 Å². The van der Waals surface area contributed by atoms with Crippen LogP contribution >= 0.6 is 0 Å². The van der Waals surface area contributed by atoms with Gasteiger partial charge in [-0.25, -0.2) is 4.79 Å². The van der Waals surface area contributed by atoms with Crippen LogP contribution < -0.4 is 0 Å². The summed E-state index contributed by atoms with van der Waals surface area (Å²) in [4.78, 5) is 12.1. The molecule has 0 bridgehead atoms. The van der Waals surface area contributed by atoms with Crippen LogP contribution in [0.25, 0.3) is 6.08 Å². The predicted octanol–water partition coefficient (Wildman–Crippen LogP) is -2.49. The minimum absolute atomic E-state index is 0.439. The second-order valence-electron chi connectivity index (χ2n) is 7.24. The number of carbonyl (C=O) groups excluding carboxylic acids is 1. The van der Waals surface area contributed by atoms with E-state index >= 15 is 0 Å². The topological polar surface area (TPSA) is 175 Å². The average Bonchev–Trinajstić information content (AvgIpc) is 3.05. The summed E-state index contributed by atoms with van der Waals surface area (Å²) < 4.78 is 20.9. The lowest BCUT2D eigenvalue weighted by atomic mass is 9.99. The highest BCUT2D eigenvalue weighted by molar-refractivity contribution is 5.87. The lowest BCUT2D eigenvalue weighted by molar-refractivity contribution is -0.301. The summed E-state index contributed by atoms with van der Waals surface area (Å²) in [5.41, 5.74) is 0.741. The molecule has 0 saturated carbocycles. The predicted molar refractivity (Wildman–Crippen MR) is 102 cm³/mol. The van der Waals surface area contributed by atoms with E-state index in [1.54, 1.807) is 24.3 Å². The van der Waals surface area contributed by atoms with E-state index in [0.29, 0.717) is 0 Å². The number of esters is 1. The number of ether oxygens (including phenoxy) is 4. The van der Waals surface area contributed by atoms with Gasteiger partial charge in [0.15, 0.2) is 6.29 Å². The van der Waals surface area contributed by atoms with E-state index in [0.717, 1.165) is 11.6 Å². The van der Waals surface area contributed by atoms with E-state index in [-0.39, 0.29) is 0 Å². The monoisotopic (exact) mass is 442 g/mol. The Labute approximate surface area is 177 Å². The number of hydrogen-bond acceptors (Lipinski definition) is 11. The van der Waals surface area contributed by atoms with E-state index in [2.05, 4.69) is 0 Å². The molecule has 9 atom stereocenters. The Morgan fingerprint density at radius 2 is 1.48 bits per heavy atom. The summed E-state index contributed by atoms with van der Waals surface area (Å²) in [6.45, 7) is -0.981. The molecule has 1 aromatic carbocycles. The number of benzene rings is 1. The molecule has 2 aliphatic heterocycles. The Kier molecular flexibility index (Phi) is 8.11. The first kappa shape index (κ1) is 23.7. The van der Waals surface area contributed by atoms with Gasteiger partial charge in [-0.05, 0) is 11.6 Å². The SMILES string of the molecule is O=C(C=Cc1ccccc1)O[C@@H]1O[C@H](CO[C@@H]2O[C@@H](CO)[C@H](O)[C@H]2O)[C@@H](O)[C@H](O)[C@H]1O. The molecule has 2 heterocycles. The highest BCUT2D eigenvalue weighted by Crippen LogP contribution is 2.26. The molecule has 2 fully saturated rings. The molecule has 11 heteroatoms. The molecular formula is C20H26O11. The summed E-state index contributed by atoms with van der Waals surface area (Å²) in [5.74, 6) is -0.848. The van der Waals surface area contributed by atoms with Gasteiger partial charge in [0.1, 0.15) is 42.7 Å². The summed E-state index contributed by atoms with van der Waals surface area (Å²) in [5, 5.41) is 59.0. The molecule has 11 nitrogen and oxygen atoms in total. The molecule has 0 spiro atoms. The summed E-state index contributed by atoms with van der Waals surface area (Å²) >= 11 is 0. The molecule has 2 aliphatic rings. The van der Waals surface area contributed by atoms with Gasteiger partial charge in [-0.2, -0.15) is 0 Å². The van der Waals surface area contributed by atoms with Crippen molar-refractivity contribution in [1.82, 2.24) is 0 Å². The first-order valence-corrected chi connectivity index (χ1v) is 9.69. The lowest BCUT2D eigenvalue weighted by Gasteiger charge is -2.39. The Morgan fingerprint density at radius 3 is 2.13 bits per heavy atom. The van der Waals surface area contributed by atoms with Crippen molar-refractivity contribution in [3.8, 4) is 0 Å². The zero-order chi connectivity index (χ0) is 22.5. The van der Waals surface area contributed by atoms with Crippen LogP contribution in [0.2, 0.25) is 0 Å². The summed E-state index contributed by atoms with van der Waals surface area (Å²) in [6, 6.07) is 8.92. The van der Waals surface area contributed by atoms with Gasteiger partial charge < -0.3 is 49.6 Å². The van der Waals surface area contributed by atoms with Crippen molar-refractivity contribution in [3.63, 3.8) is 0 Å².